The molecule has 3 aliphatic rings. The number of likely N-dealkylation sites (tertiary alicyclic amines) is 1. The fourth-order valence-electron chi connectivity index (χ4n) is 6.92. The number of piperidine rings is 2. The number of alkyl halides is 2. The number of benzene rings is 2. The Morgan fingerprint density at radius 2 is 1.96 bits per heavy atom. The van der Waals surface area contributed by atoms with Crippen LogP contribution in [0.2, 0.25) is 0 Å². The van der Waals surface area contributed by atoms with Crippen LogP contribution in [0.1, 0.15) is 50.6 Å². The third-order valence-electron chi connectivity index (χ3n) is 9.76. The standard InChI is InChI=1S/C31H36F3N7O4S/c1-3-39(2)46(43,44)38-26-7-5-24(32)28(23(26)17-35)45-21-4-6-25-22(14-21)29(42)41(19-37-25)20-15-30(16-20)9-12-40(13-10-30)27-8-11-36-18-31(27,33)34/h4-7,14,19-20,27,36,38H,3,8-13,15-16,18H2,1-2H3. The molecule has 3 aromatic rings. The zero-order valence-electron chi connectivity index (χ0n) is 25.6. The van der Waals surface area contributed by atoms with Gasteiger partial charge in [0.25, 0.3) is 11.5 Å². The summed E-state index contributed by atoms with van der Waals surface area (Å²) in [6.45, 7) is 3.33. The largest absolute Gasteiger partial charge is 0.453 e. The number of rotatable bonds is 8. The lowest BCUT2D eigenvalue weighted by molar-refractivity contribution is -0.116. The number of ether oxygens (including phenoxy) is 1. The van der Waals surface area contributed by atoms with Crippen LogP contribution < -0.4 is 20.3 Å². The number of nitrogens with one attached hydrogen (secondary N) is 2. The van der Waals surface area contributed by atoms with Crippen molar-refractivity contribution >= 4 is 26.8 Å². The first-order valence-electron chi connectivity index (χ1n) is 15.3. The van der Waals surface area contributed by atoms with Gasteiger partial charge in [-0.1, -0.05) is 6.92 Å². The van der Waals surface area contributed by atoms with Crippen LogP contribution in [0.3, 0.4) is 0 Å². The van der Waals surface area contributed by atoms with Gasteiger partial charge < -0.3 is 10.1 Å². The van der Waals surface area contributed by atoms with Crippen LogP contribution in [0.5, 0.6) is 11.5 Å². The van der Waals surface area contributed by atoms with E-state index >= 15 is 0 Å². The van der Waals surface area contributed by atoms with Crippen LogP contribution in [0.4, 0.5) is 18.9 Å². The minimum atomic E-state index is -4.00. The van der Waals surface area contributed by atoms with Crippen LogP contribution in [0, 0.1) is 22.6 Å². The smallest absolute Gasteiger partial charge is 0.301 e. The van der Waals surface area contributed by atoms with Crippen molar-refractivity contribution in [3.63, 3.8) is 0 Å². The predicted octanol–water partition coefficient (Wildman–Crippen LogP) is 4.22. The number of hydrogen-bond donors (Lipinski definition) is 2. The van der Waals surface area contributed by atoms with Gasteiger partial charge in [-0.3, -0.25) is 19.0 Å². The van der Waals surface area contributed by atoms with Crippen molar-refractivity contribution in [2.45, 2.75) is 57.0 Å². The van der Waals surface area contributed by atoms with Crippen LogP contribution >= 0.6 is 0 Å². The molecular weight excluding hydrogens is 623 g/mol. The molecule has 15 heteroatoms. The molecule has 1 spiro atoms. The van der Waals surface area contributed by atoms with E-state index in [4.69, 9.17) is 4.74 Å². The molecule has 0 amide bonds. The number of nitrogens with zero attached hydrogens (tertiary/aromatic N) is 5. The average molecular weight is 660 g/mol. The molecular formula is C31H36F3N7O4S. The summed E-state index contributed by atoms with van der Waals surface area (Å²) >= 11 is 0. The molecule has 3 fully saturated rings. The summed E-state index contributed by atoms with van der Waals surface area (Å²) < 4.78 is 79.7. The van der Waals surface area contributed by atoms with Gasteiger partial charge in [-0.05, 0) is 87.5 Å². The molecule has 1 aliphatic carbocycles. The lowest BCUT2D eigenvalue weighted by Crippen LogP contribution is -2.60. The maximum atomic E-state index is 14.9. The van der Waals surface area contributed by atoms with Crippen LogP contribution in [0.25, 0.3) is 10.9 Å². The van der Waals surface area contributed by atoms with E-state index in [-0.39, 0.29) is 52.5 Å². The quantitative estimate of drug-likeness (QED) is 0.368. The minimum Gasteiger partial charge on any atom is -0.453 e. The Kier molecular flexibility index (Phi) is 8.51. The van der Waals surface area contributed by atoms with E-state index in [0.717, 1.165) is 42.1 Å². The number of fused-ring (bicyclic) bond motifs is 1. The van der Waals surface area contributed by atoms with Crippen LogP contribution in [-0.4, -0.2) is 78.9 Å². The first-order chi connectivity index (χ1) is 21.9. The second kappa shape index (κ2) is 12.1. The number of halogens is 3. The second-order valence-corrected chi connectivity index (χ2v) is 14.3. The van der Waals surface area contributed by atoms with Gasteiger partial charge in [-0.2, -0.15) is 18.0 Å². The molecule has 3 heterocycles. The lowest BCUT2D eigenvalue weighted by atomic mass is 9.60. The highest BCUT2D eigenvalue weighted by Crippen LogP contribution is 2.55. The Labute approximate surface area is 265 Å². The zero-order valence-corrected chi connectivity index (χ0v) is 26.4. The molecule has 1 saturated carbocycles. The molecule has 11 nitrogen and oxygen atoms in total. The van der Waals surface area contributed by atoms with Crippen molar-refractivity contribution in [3.05, 3.63) is 58.4 Å². The normalized spacial score (nSPS) is 21.6. The molecule has 2 aliphatic heterocycles. The molecule has 2 aromatic carbocycles. The number of hydrogen-bond acceptors (Lipinski definition) is 8. The molecule has 1 atom stereocenters. The van der Waals surface area contributed by atoms with E-state index in [1.807, 2.05) is 11.0 Å². The highest BCUT2D eigenvalue weighted by Gasteiger charge is 2.51. The van der Waals surface area contributed by atoms with E-state index in [0.29, 0.717) is 31.6 Å². The summed E-state index contributed by atoms with van der Waals surface area (Å²) in [6.07, 6.45) is 5.04. The van der Waals surface area contributed by atoms with Crippen LogP contribution in [0.15, 0.2) is 41.5 Å². The van der Waals surface area contributed by atoms with Gasteiger partial charge in [-0.15, -0.1) is 0 Å². The highest BCUT2D eigenvalue weighted by molar-refractivity contribution is 7.90. The second-order valence-electron chi connectivity index (χ2n) is 12.5. The van der Waals surface area contributed by atoms with Gasteiger partial charge in [-0.25, -0.2) is 18.2 Å². The van der Waals surface area contributed by atoms with Gasteiger partial charge in [0.15, 0.2) is 11.6 Å². The third kappa shape index (κ3) is 5.94. The lowest BCUT2D eigenvalue weighted by Gasteiger charge is -2.54. The summed E-state index contributed by atoms with van der Waals surface area (Å²) in [5, 5.41) is 12.8. The summed E-state index contributed by atoms with van der Waals surface area (Å²) in [4.78, 5) is 20.0. The average Bonchev–Trinajstić information content (AvgIpc) is 3.01. The summed E-state index contributed by atoms with van der Waals surface area (Å²) in [7, 11) is -2.64. The molecule has 6 rings (SSSR count). The molecule has 1 aromatic heterocycles. The fraction of sp³-hybridized carbons (Fsp3) is 0.516. The van der Waals surface area contributed by atoms with Crippen LogP contribution in [-0.2, 0) is 10.2 Å². The molecule has 0 bridgehead atoms. The fourth-order valence-corrected chi connectivity index (χ4v) is 7.87. The SMILES string of the molecule is CCN(C)S(=O)(=O)Nc1ccc(F)c(Oc2ccc3ncn(C4CC5(CCN(C6CCNCC6(F)F)CC5)C4)c(=O)c3c2)c1C#N. The van der Waals surface area contributed by atoms with Crippen molar-refractivity contribution in [2.24, 2.45) is 5.41 Å². The summed E-state index contributed by atoms with van der Waals surface area (Å²) in [5.41, 5.74) is -0.396. The van der Waals surface area contributed by atoms with Crippen molar-refractivity contribution in [2.75, 3.05) is 44.5 Å². The Hall–Kier alpha value is -3.71. The first kappa shape index (κ1) is 32.2. The van der Waals surface area contributed by atoms with E-state index < -0.39 is 33.7 Å². The number of nitriles is 1. The van der Waals surface area contributed by atoms with Crippen molar-refractivity contribution < 1.29 is 26.3 Å². The van der Waals surface area contributed by atoms with Crippen molar-refractivity contribution in [1.29, 1.82) is 5.26 Å². The van der Waals surface area contributed by atoms with Gasteiger partial charge in [0, 0.05) is 19.6 Å². The Morgan fingerprint density at radius 1 is 1.22 bits per heavy atom. The van der Waals surface area contributed by atoms with Gasteiger partial charge in [0.05, 0.1) is 35.5 Å². The zero-order chi connectivity index (χ0) is 32.9. The molecule has 1 unspecified atom stereocenters. The summed E-state index contributed by atoms with van der Waals surface area (Å²) in [5.74, 6) is -4.05. The minimum absolute atomic E-state index is 0.00636. The first-order valence-corrected chi connectivity index (χ1v) is 16.8. The Bertz CT molecular complexity index is 1850. The van der Waals surface area contributed by atoms with Gasteiger partial charge in [0.1, 0.15) is 17.4 Å². The molecule has 246 valence electrons. The molecule has 0 radical (unpaired) electrons. The van der Waals surface area contributed by atoms with Gasteiger partial charge >= 0.3 is 10.2 Å². The van der Waals surface area contributed by atoms with Crippen molar-refractivity contribution in [3.8, 4) is 17.6 Å². The number of aromatic nitrogens is 2. The molecule has 46 heavy (non-hydrogen) atoms. The Morgan fingerprint density at radius 3 is 2.63 bits per heavy atom. The topological polar surface area (TPSA) is 133 Å². The van der Waals surface area contributed by atoms with E-state index in [1.165, 1.54) is 25.5 Å². The van der Waals surface area contributed by atoms with E-state index in [9.17, 15) is 31.6 Å². The monoisotopic (exact) mass is 659 g/mol. The maximum absolute atomic E-state index is 14.9. The van der Waals surface area contributed by atoms with Gasteiger partial charge in [0.2, 0.25) is 0 Å². The predicted molar refractivity (Wildman–Crippen MR) is 166 cm³/mol. The Balaban J connectivity index is 1.19. The third-order valence-corrected chi connectivity index (χ3v) is 11.3. The van der Waals surface area contributed by atoms with Crippen molar-refractivity contribution in [1.82, 2.24) is 24.1 Å². The maximum Gasteiger partial charge on any atom is 0.301 e. The highest BCUT2D eigenvalue weighted by atomic mass is 32.2. The molecule has 2 saturated heterocycles. The van der Waals surface area contributed by atoms with E-state index in [2.05, 4.69) is 15.0 Å². The molecule has 2 N–H and O–H groups in total. The van der Waals surface area contributed by atoms with E-state index in [1.54, 1.807) is 17.6 Å². The summed E-state index contributed by atoms with van der Waals surface area (Å²) in [6, 6.07) is 7.59. The number of anilines is 1.